The molecular formula is C24H40N2O3. The predicted molar refractivity (Wildman–Crippen MR) is 118 cm³/mol. The Bertz CT molecular complexity index is 546. The molecule has 1 heterocycles. The van der Waals surface area contributed by atoms with Gasteiger partial charge in [-0.3, -0.25) is 9.69 Å². The van der Waals surface area contributed by atoms with E-state index in [9.17, 15) is 9.90 Å². The van der Waals surface area contributed by atoms with Gasteiger partial charge in [-0.15, -0.1) is 0 Å². The molecule has 0 spiro atoms. The Morgan fingerprint density at radius 2 is 1.72 bits per heavy atom. The van der Waals surface area contributed by atoms with Gasteiger partial charge in [0.05, 0.1) is 25.4 Å². The van der Waals surface area contributed by atoms with Crippen LogP contribution in [0.15, 0.2) is 30.3 Å². The van der Waals surface area contributed by atoms with Crippen molar-refractivity contribution in [1.82, 2.24) is 10.2 Å². The van der Waals surface area contributed by atoms with Crippen molar-refractivity contribution in [1.29, 1.82) is 0 Å². The Kier molecular flexibility index (Phi) is 12.0. The van der Waals surface area contributed by atoms with Gasteiger partial charge in [-0.2, -0.15) is 0 Å². The molecule has 29 heavy (non-hydrogen) atoms. The Morgan fingerprint density at radius 3 is 2.41 bits per heavy atom. The van der Waals surface area contributed by atoms with Crippen LogP contribution in [0.25, 0.3) is 0 Å². The summed E-state index contributed by atoms with van der Waals surface area (Å²) in [5.74, 6) is 0.0592. The standard InChI is InChI=1S/C24H40N2O3/c1-2-3-4-5-6-7-11-14-24(28)25-22(20-26-15-17-29-18-16-26)23(27)19-21-12-9-8-10-13-21/h8-10,12-13,22-23,27H,2-7,11,14-20H2,1H3,(H,25,28)/t22-,23-/m0/s1. The van der Waals surface area contributed by atoms with Gasteiger partial charge in [-0.05, 0) is 12.0 Å². The van der Waals surface area contributed by atoms with E-state index in [-0.39, 0.29) is 11.9 Å². The number of amides is 1. The van der Waals surface area contributed by atoms with Crippen LogP contribution in [0.4, 0.5) is 0 Å². The summed E-state index contributed by atoms with van der Waals surface area (Å²) in [6.07, 6.45) is 8.88. The van der Waals surface area contributed by atoms with E-state index in [0.717, 1.165) is 31.5 Å². The number of ether oxygens (including phenoxy) is 1. The molecule has 0 radical (unpaired) electrons. The van der Waals surface area contributed by atoms with Crippen molar-refractivity contribution in [3.8, 4) is 0 Å². The number of unbranched alkanes of at least 4 members (excludes halogenated alkanes) is 6. The van der Waals surface area contributed by atoms with Crippen molar-refractivity contribution >= 4 is 5.91 Å². The van der Waals surface area contributed by atoms with Gasteiger partial charge in [0.2, 0.25) is 5.91 Å². The maximum absolute atomic E-state index is 12.5. The van der Waals surface area contributed by atoms with E-state index in [1.165, 1.54) is 32.1 Å². The van der Waals surface area contributed by atoms with E-state index >= 15 is 0 Å². The minimum absolute atomic E-state index is 0.0592. The predicted octanol–water partition coefficient (Wildman–Crippen LogP) is 3.55. The normalized spacial score (nSPS) is 17.0. The third-order valence-corrected chi connectivity index (χ3v) is 5.66. The number of aliphatic hydroxyl groups is 1. The van der Waals surface area contributed by atoms with E-state index < -0.39 is 6.10 Å². The molecule has 0 aliphatic carbocycles. The number of hydrogen-bond acceptors (Lipinski definition) is 4. The third-order valence-electron chi connectivity index (χ3n) is 5.66. The summed E-state index contributed by atoms with van der Waals surface area (Å²) in [6, 6.07) is 9.73. The lowest BCUT2D eigenvalue weighted by Gasteiger charge is -2.33. The molecule has 0 bridgehead atoms. The van der Waals surface area contributed by atoms with E-state index in [4.69, 9.17) is 4.74 Å². The monoisotopic (exact) mass is 404 g/mol. The number of morpholine rings is 1. The Labute approximate surface area is 176 Å². The summed E-state index contributed by atoms with van der Waals surface area (Å²) in [7, 11) is 0. The Morgan fingerprint density at radius 1 is 1.07 bits per heavy atom. The molecule has 0 aromatic heterocycles. The van der Waals surface area contributed by atoms with Gasteiger partial charge in [0, 0.05) is 32.5 Å². The second kappa shape index (κ2) is 14.5. The van der Waals surface area contributed by atoms with Crippen LogP contribution < -0.4 is 5.32 Å². The topological polar surface area (TPSA) is 61.8 Å². The van der Waals surface area contributed by atoms with Gasteiger partial charge in [-0.25, -0.2) is 0 Å². The molecule has 1 fully saturated rings. The van der Waals surface area contributed by atoms with Crippen LogP contribution >= 0.6 is 0 Å². The molecule has 5 heteroatoms. The first-order valence-corrected chi connectivity index (χ1v) is 11.5. The molecule has 2 N–H and O–H groups in total. The fourth-order valence-electron chi connectivity index (χ4n) is 3.84. The van der Waals surface area contributed by atoms with Crippen molar-refractivity contribution in [2.75, 3.05) is 32.8 Å². The summed E-state index contributed by atoms with van der Waals surface area (Å²) in [6.45, 7) is 6.02. The van der Waals surface area contributed by atoms with Crippen LogP contribution in [0.2, 0.25) is 0 Å². The largest absolute Gasteiger partial charge is 0.391 e. The molecule has 0 saturated carbocycles. The molecule has 1 aliphatic rings. The Hall–Kier alpha value is -1.43. The summed E-state index contributed by atoms with van der Waals surface area (Å²) >= 11 is 0. The minimum atomic E-state index is -0.599. The van der Waals surface area contributed by atoms with Crippen molar-refractivity contribution in [3.63, 3.8) is 0 Å². The SMILES string of the molecule is CCCCCCCCCC(=O)N[C@@H](CN1CCOCC1)[C@@H](O)Cc1ccccc1. The average molecular weight is 405 g/mol. The van der Waals surface area contributed by atoms with Gasteiger partial charge < -0.3 is 15.2 Å². The highest BCUT2D eigenvalue weighted by atomic mass is 16.5. The van der Waals surface area contributed by atoms with Gasteiger partial charge in [0.25, 0.3) is 0 Å². The van der Waals surface area contributed by atoms with Gasteiger partial charge >= 0.3 is 0 Å². The van der Waals surface area contributed by atoms with Gasteiger partial charge in [0.15, 0.2) is 0 Å². The lowest BCUT2D eigenvalue weighted by molar-refractivity contribution is -0.123. The maximum Gasteiger partial charge on any atom is 0.220 e. The second-order valence-corrected chi connectivity index (χ2v) is 8.22. The van der Waals surface area contributed by atoms with Crippen LogP contribution in [0.3, 0.4) is 0 Å². The van der Waals surface area contributed by atoms with E-state index in [1.807, 2.05) is 30.3 Å². The summed E-state index contributed by atoms with van der Waals surface area (Å²) in [5.41, 5.74) is 1.09. The molecule has 5 nitrogen and oxygen atoms in total. The molecule has 1 aromatic carbocycles. The zero-order valence-electron chi connectivity index (χ0n) is 18.2. The van der Waals surface area contributed by atoms with Crippen LogP contribution in [-0.2, 0) is 16.0 Å². The number of hydrogen-bond donors (Lipinski definition) is 2. The molecule has 1 aromatic rings. The highest BCUT2D eigenvalue weighted by Crippen LogP contribution is 2.11. The molecule has 1 aliphatic heterocycles. The fraction of sp³-hybridized carbons (Fsp3) is 0.708. The number of carbonyl (C=O) groups excluding carboxylic acids is 1. The molecule has 1 amide bonds. The van der Waals surface area contributed by atoms with Crippen LogP contribution in [0, 0.1) is 0 Å². The lowest BCUT2D eigenvalue weighted by Crippen LogP contribution is -2.53. The molecule has 0 unspecified atom stereocenters. The van der Waals surface area contributed by atoms with Crippen molar-refractivity contribution in [3.05, 3.63) is 35.9 Å². The molecule has 164 valence electrons. The second-order valence-electron chi connectivity index (χ2n) is 8.22. The number of rotatable bonds is 14. The number of aliphatic hydroxyl groups excluding tert-OH is 1. The quantitative estimate of drug-likeness (QED) is 0.466. The smallest absolute Gasteiger partial charge is 0.220 e. The van der Waals surface area contributed by atoms with Crippen LogP contribution in [0.1, 0.15) is 63.9 Å². The summed E-state index contributed by atoms with van der Waals surface area (Å²) < 4.78 is 5.43. The number of benzene rings is 1. The number of nitrogens with one attached hydrogen (secondary N) is 1. The highest BCUT2D eigenvalue weighted by molar-refractivity contribution is 5.76. The Balaban J connectivity index is 1.79. The van der Waals surface area contributed by atoms with Crippen LogP contribution in [0.5, 0.6) is 0 Å². The third kappa shape index (κ3) is 10.2. The first kappa shape index (κ1) is 23.8. The highest BCUT2D eigenvalue weighted by Gasteiger charge is 2.25. The first-order valence-electron chi connectivity index (χ1n) is 11.5. The zero-order chi connectivity index (χ0) is 20.7. The first-order chi connectivity index (χ1) is 14.2. The average Bonchev–Trinajstić information content (AvgIpc) is 2.74. The summed E-state index contributed by atoms with van der Waals surface area (Å²) in [5, 5.41) is 14.0. The number of carbonyl (C=O) groups is 1. The maximum atomic E-state index is 12.5. The van der Waals surface area contributed by atoms with Crippen molar-refractivity contribution in [2.24, 2.45) is 0 Å². The molecule has 2 rings (SSSR count). The lowest BCUT2D eigenvalue weighted by atomic mass is 10.0. The molecule has 1 saturated heterocycles. The van der Waals surface area contributed by atoms with Gasteiger partial charge in [-0.1, -0.05) is 75.8 Å². The van der Waals surface area contributed by atoms with E-state index in [2.05, 4.69) is 17.1 Å². The van der Waals surface area contributed by atoms with E-state index in [0.29, 0.717) is 32.6 Å². The van der Waals surface area contributed by atoms with Crippen molar-refractivity contribution in [2.45, 2.75) is 76.9 Å². The van der Waals surface area contributed by atoms with Gasteiger partial charge in [0.1, 0.15) is 0 Å². The summed E-state index contributed by atoms with van der Waals surface area (Å²) in [4.78, 5) is 14.8. The van der Waals surface area contributed by atoms with E-state index in [1.54, 1.807) is 0 Å². The number of nitrogens with zero attached hydrogens (tertiary/aromatic N) is 1. The van der Waals surface area contributed by atoms with Crippen molar-refractivity contribution < 1.29 is 14.6 Å². The molecular weight excluding hydrogens is 364 g/mol. The minimum Gasteiger partial charge on any atom is -0.391 e. The fourth-order valence-corrected chi connectivity index (χ4v) is 3.84. The zero-order valence-corrected chi connectivity index (χ0v) is 18.2. The van der Waals surface area contributed by atoms with Crippen LogP contribution in [-0.4, -0.2) is 60.9 Å². The molecule has 2 atom stereocenters.